The Morgan fingerprint density at radius 3 is 1.17 bits per heavy atom. The average Bonchev–Trinajstić information content (AvgIpc) is 3.11. The highest BCUT2D eigenvalue weighted by molar-refractivity contribution is 5.71. The van der Waals surface area contributed by atoms with E-state index in [1.807, 2.05) is 13.8 Å². The van der Waals surface area contributed by atoms with Crippen LogP contribution in [-0.4, -0.2) is 34.0 Å². The van der Waals surface area contributed by atoms with Crippen LogP contribution in [0.4, 0.5) is 0 Å². The van der Waals surface area contributed by atoms with Gasteiger partial charge in [0.2, 0.25) is 5.72 Å². The van der Waals surface area contributed by atoms with Crippen LogP contribution >= 0.6 is 0 Å². The van der Waals surface area contributed by atoms with Crippen LogP contribution in [0.3, 0.4) is 0 Å². The fraction of sp³-hybridized carbons (Fsp3) is 0.870. The molecular formula is C46H87NO5. The number of hydrogen-bond acceptors (Lipinski definition) is 6. The third-order valence-electron chi connectivity index (χ3n) is 11.0. The first-order chi connectivity index (χ1) is 25.0. The number of aliphatic hydroxyl groups is 1. The summed E-state index contributed by atoms with van der Waals surface area (Å²) < 4.78 is 11.9. The van der Waals surface area contributed by atoms with Crippen molar-refractivity contribution in [2.24, 2.45) is 5.73 Å². The van der Waals surface area contributed by atoms with Crippen molar-refractivity contribution in [2.45, 2.75) is 258 Å². The Morgan fingerprint density at radius 2 is 0.827 bits per heavy atom. The molecule has 0 aromatic carbocycles. The predicted octanol–water partition coefficient (Wildman–Crippen LogP) is 13.5. The Hall–Kier alpha value is -1.66. The van der Waals surface area contributed by atoms with Gasteiger partial charge < -0.3 is 14.6 Å². The fourth-order valence-corrected chi connectivity index (χ4v) is 7.17. The minimum atomic E-state index is -1.69. The van der Waals surface area contributed by atoms with Gasteiger partial charge in [0.05, 0.1) is 0 Å². The number of unbranched alkanes of at least 4 members (excludes halogenated alkanes) is 22. The van der Waals surface area contributed by atoms with Crippen molar-refractivity contribution < 1.29 is 24.2 Å². The average molecular weight is 734 g/mol. The van der Waals surface area contributed by atoms with Crippen LogP contribution < -0.4 is 5.73 Å². The molecule has 0 rings (SSSR count). The van der Waals surface area contributed by atoms with E-state index >= 15 is 0 Å². The zero-order valence-corrected chi connectivity index (χ0v) is 35.4. The second kappa shape index (κ2) is 32.7. The summed E-state index contributed by atoms with van der Waals surface area (Å²) in [6.45, 7) is 11.5. The van der Waals surface area contributed by atoms with Crippen molar-refractivity contribution in [1.29, 1.82) is 0 Å². The van der Waals surface area contributed by atoms with E-state index in [1.54, 1.807) is 13.8 Å². The van der Waals surface area contributed by atoms with Crippen LogP contribution in [0.15, 0.2) is 24.3 Å². The number of allylic oxidation sites excluding steroid dienone is 4. The molecular weight excluding hydrogens is 647 g/mol. The van der Waals surface area contributed by atoms with Crippen LogP contribution in [0.1, 0.15) is 241 Å². The lowest BCUT2D eigenvalue weighted by atomic mass is 9.72. The molecule has 3 atom stereocenters. The number of carbonyl (C=O) groups excluding carboxylic acids is 2. The monoisotopic (exact) mass is 734 g/mol. The summed E-state index contributed by atoms with van der Waals surface area (Å²) >= 11 is 0. The summed E-state index contributed by atoms with van der Waals surface area (Å²) in [6, 6.07) is 0. The normalized spacial score (nSPS) is 15.5. The Labute approximate surface area is 322 Å². The standard InChI is InChI=1S/C46H87NO5/c1-7-11-13-15-17-19-21-23-25-27-29-31-33-35-37-39-42(48)51-44(5,46(50,10-4)41-9-3)45(6,47)52-43(49)40-38-36-34-32-30-28-26-24-22-20-18-16-14-12-8-2/h23-26,50H,7-22,27-41,47H2,1-6H3/b25-23-,26-24-. The highest BCUT2D eigenvalue weighted by atomic mass is 16.6. The Bertz CT molecular complexity index is 914. The van der Waals surface area contributed by atoms with Gasteiger partial charge in [-0.3, -0.25) is 15.3 Å². The van der Waals surface area contributed by atoms with Crippen molar-refractivity contribution >= 4 is 11.9 Å². The number of esters is 2. The molecule has 3 unspecified atom stereocenters. The molecule has 0 aliphatic carbocycles. The molecule has 0 saturated carbocycles. The second-order valence-electron chi connectivity index (χ2n) is 15.9. The summed E-state index contributed by atoms with van der Waals surface area (Å²) in [7, 11) is 0. The van der Waals surface area contributed by atoms with E-state index in [0.717, 1.165) is 64.2 Å². The van der Waals surface area contributed by atoms with E-state index in [4.69, 9.17) is 15.2 Å². The van der Waals surface area contributed by atoms with Gasteiger partial charge in [-0.2, -0.15) is 0 Å². The number of rotatable bonds is 37. The molecule has 3 N–H and O–H groups in total. The van der Waals surface area contributed by atoms with E-state index < -0.39 is 28.9 Å². The van der Waals surface area contributed by atoms with E-state index in [-0.39, 0.29) is 12.8 Å². The Kier molecular flexibility index (Phi) is 31.7. The first-order valence-electron chi connectivity index (χ1n) is 22.3. The van der Waals surface area contributed by atoms with Crippen LogP contribution in [0, 0.1) is 0 Å². The highest BCUT2D eigenvalue weighted by Crippen LogP contribution is 2.41. The first-order valence-corrected chi connectivity index (χ1v) is 22.3. The third kappa shape index (κ3) is 23.9. The molecule has 0 aromatic rings. The van der Waals surface area contributed by atoms with Gasteiger partial charge in [0.15, 0.2) is 5.60 Å². The lowest BCUT2D eigenvalue weighted by Gasteiger charge is -2.51. The molecule has 0 amide bonds. The summed E-state index contributed by atoms with van der Waals surface area (Å²) in [4.78, 5) is 26.2. The maximum Gasteiger partial charge on any atom is 0.307 e. The van der Waals surface area contributed by atoms with Crippen molar-refractivity contribution in [1.82, 2.24) is 0 Å². The van der Waals surface area contributed by atoms with Gasteiger partial charge in [-0.15, -0.1) is 0 Å². The largest absolute Gasteiger partial charge is 0.450 e. The zero-order valence-electron chi connectivity index (χ0n) is 35.4. The maximum atomic E-state index is 13.2. The zero-order chi connectivity index (χ0) is 38.8. The highest BCUT2D eigenvalue weighted by Gasteiger charge is 2.60. The lowest BCUT2D eigenvalue weighted by Crippen LogP contribution is -2.71. The van der Waals surface area contributed by atoms with E-state index in [0.29, 0.717) is 19.3 Å². The minimum Gasteiger partial charge on any atom is -0.450 e. The molecule has 52 heavy (non-hydrogen) atoms. The van der Waals surface area contributed by atoms with Crippen LogP contribution in [0.25, 0.3) is 0 Å². The van der Waals surface area contributed by atoms with Gasteiger partial charge in [0.25, 0.3) is 0 Å². The topological polar surface area (TPSA) is 98.9 Å². The minimum absolute atomic E-state index is 0.249. The number of carbonyl (C=O) groups is 2. The molecule has 306 valence electrons. The summed E-state index contributed by atoms with van der Waals surface area (Å²) in [5, 5.41) is 11.8. The van der Waals surface area contributed by atoms with Gasteiger partial charge >= 0.3 is 11.9 Å². The van der Waals surface area contributed by atoms with Gasteiger partial charge in [0, 0.05) is 12.8 Å². The van der Waals surface area contributed by atoms with Crippen molar-refractivity contribution in [2.75, 3.05) is 0 Å². The van der Waals surface area contributed by atoms with Gasteiger partial charge in [0.1, 0.15) is 5.60 Å². The lowest BCUT2D eigenvalue weighted by molar-refractivity contribution is -0.258. The van der Waals surface area contributed by atoms with Crippen LogP contribution in [-0.2, 0) is 19.1 Å². The quantitative estimate of drug-likeness (QED) is 0.0285. The third-order valence-corrected chi connectivity index (χ3v) is 11.0. The molecule has 0 heterocycles. The maximum absolute atomic E-state index is 13.2. The summed E-state index contributed by atoms with van der Waals surface area (Å²) in [5.74, 6) is -0.829. The Morgan fingerprint density at radius 1 is 0.500 bits per heavy atom. The van der Waals surface area contributed by atoms with E-state index in [9.17, 15) is 14.7 Å². The number of hydrogen-bond donors (Lipinski definition) is 2. The molecule has 0 fully saturated rings. The van der Waals surface area contributed by atoms with Crippen molar-refractivity contribution in [3.63, 3.8) is 0 Å². The molecule has 0 saturated heterocycles. The molecule has 0 spiro atoms. The van der Waals surface area contributed by atoms with Gasteiger partial charge in [-0.1, -0.05) is 161 Å². The first kappa shape index (κ1) is 50.3. The smallest absolute Gasteiger partial charge is 0.307 e. The molecule has 0 bridgehead atoms. The number of nitrogens with two attached hydrogens (primary N) is 1. The van der Waals surface area contributed by atoms with Crippen LogP contribution in [0.2, 0.25) is 0 Å². The molecule has 6 heteroatoms. The fourth-order valence-electron chi connectivity index (χ4n) is 7.17. The molecule has 0 aromatic heterocycles. The van der Waals surface area contributed by atoms with Crippen molar-refractivity contribution in [3.8, 4) is 0 Å². The van der Waals surface area contributed by atoms with Gasteiger partial charge in [-0.05, 0) is 90.9 Å². The predicted molar refractivity (Wildman–Crippen MR) is 222 cm³/mol. The molecule has 0 aliphatic heterocycles. The summed E-state index contributed by atoms with van der Waals surface area (Å²) in [5.41, 5.74) is 1.96. The second-order valence-corrected chi connectivity index (χ2v) is 15.9. The molecule has 0 radical (unpaired) electrons. The van der Waals surface area contributed by atoms with Crippen molar-refractivity contribution in [3.05, 3.63) is 24.3 Å². The molecule has 6 nitrogen and oxygen atoms in total. The van der Waals surface area contributed by atoms with Gasteiger partial charge in [-0.25, -0.2) is 0 Å². The Balaban J connectivity index is 4.56. The number of ether oxygens (including phenoxy) is 2. The van der Waals surface area contributed by atoms with E-state index in [2.05, 4.69) is 38.2 Å². The van der Waals surface area contributed by atoms with E-state index in [1.165, 1.54) is 103 Å². The summed E-state index contributed by atoms with van der Waals surface area (Å²) in [6.07, 6.45) is 42.0. The van der Waals surface area contributed by atoms with Crippen LogP contribution in [0.5, 0.6) is 0 Å². The molecule has 0 aliphatic rings. The SMILES string of the molecule is CCCCCCCC/C=C\CCCCCCCC(=O)OC(C)(N)C(C)(OC(=O)CCCCCCC/C=C\CCCCCCCC)C(O)(CC)CCC.